The van der Waals surface area contributed by atoms with E-state index < -0.39 is 22.0 Å². The number of nitrogens with one attached hydrogen (secondary N) is 1. The minimum Gasteiger partial charge on any atom is -0.460 e. The van der Waals surface area contributed by atoms with Gasteiger partial charge in [0.2, 0.25) is 10.0 Å². The van der Waals surface area contributed by atoms with Gasteiger partial charge in [0, 0.05) is 18.7 Å². The maximum Gasteiger partial charge on any atom is 0.338 e. The lowest BCUT2D eigenvalue weighted by atomic mass is 10.1. The molecule has 0 spiro atoms. The number of rotatable bonds is 9. The Morgan fingerprint density at radius 2 is 1.88 bits per heavy atom. The van der Waals surface area contributed by atoms with Crippen molar-refractivity contribution in [2.45, 2.75) is 19.0 Å². The van der Waals surface area contributed by atoms with Crippen LogP contribution in [-0.2, 0) is 14.8 Å². The van der Waals surface area contributed by atoms with Crippen molar-refractivity contribution in [3.05, 3.63) is 65.0 Å². The van der Waals surface area contributed by atoms with Gasteiger partial charge in [-0.15, -0.1) is 0 Å². The lowest BCUT2D eigenvalue weighted by Gasteiger charge is -2.18. The zero-order valence-corrected chi connectivity index (χ0v) is 19.8. The van der Waals surface area contributed by atoms with Crippen LogP contribution in [-0.4, -0.2) is 65.4 Å². The number of hydrogen-bond acceptors (Lipinski definition) is 8. The van der Waals surface area contributed by atoms with E-state index in [2.05, 4.69) is 5.32 Å². The number of sulfonamides is 1. The van der Waals surface area contributed by atoms with Crippen LogP contribution in [0.3, 0.4) is 0 Å². The summed E-state index contributed by atoms with van der Waals surface area (Å²) in [5.41, 5.74) is 6.83. The number of ether oxygens (including phenoxy) is 1. The molecule has 182 valence electrons. The summed E-state index contributed by atoms with van der Waals surface area (Å²) in [4.78, 5) is 22.9. The van der Waals surface area contributed by atoms with Gasteiger partial charge in [0.25, 0.3) is 0 Å². The summed E-state index contributed by atoms with van der Waals surface area (Å²) < 4.78 is 41.4. The van der Waals surface area contributed by atoms with Gasteiger partial charge in [0.05, 0.1) is 30.2 Å². The van der Waals surface area contributed by atoms with Crippen LogP contribution < -0.4 is 15.4 Å². The smallest absolute Gasteiger partial charge is 0.338 e. The summed E-state index contributed by atoms with van der Waals surface area (Å²) in [6, 6.07) is 10.0. The molecule has 0 fully saturated rings. The van der Waals surface area contributed by atoms with Crippen LogP contribution in [0.2, 0.25) is 0 Å². The molecule has 9 nitrogen and oxygen atoms in total. The second kappa shape index (κ2) is 13.0. The molecule has 0 aliphatic heterocycles. The molecule has 0 aromatic heterocycles. The Bertz CT molecular complexity index is 1030. The SMILES string of the molecule is CN(c1cc(C=O)cc(C(=O)OCC(N)CO)c1)S(C)(=O)=O.CN[C@H](C)c1ccc(F)cc1. The van der Waals surface area contributed by atoms with Crippen molar-refractivity contribution in [1.82, 2.24) is 5.32 Å². The number of nitrogens with zero attached hydrogens (tertiary/aromatic N) is 1. The number of carbonyl (C=O) groups is 2. The molecule has 2 rings (SSSR count). The van der Waals surface area contributed by atoms with Crippen LogP contribution >= 0.6 is 0 Å². The molecule has 0 bridgehead atoms. The maximum atomic E-state index is 12.4. The fraction of sp³-hybridized carbons (Fsp3) is 0.364. The molecule has 0 heterocycles. The molecule has 0 aliphatic rings. The quantitative estimate of drug-likeness (QED) is 0.360. The van der Waals surface area contributed by atoms with E-state index in [4.69, 9.17) is 15.6 Å². The molecule has 2 aromatic rings. The summed E-state index contributed by atoms with van der Waals surface area (Å²) in [6.07, 6.45) is 1.49. The van der Waals surface area contributed by atoms with Crippen LogP contribution in [0.15, 0.2) is 42.5 Å². The molecule has 0 saturated heterocycles. The Kier molecular flexibility index (Phi) is 11.1. The van der Waals surface area contributed by atoms with Crippen molar-refractivity contribution in [2.75, 3.05) is 37.9 Å². The van der Waals surface area contributed by atoms with Crippen molar-refractivity contribution in [2.24, 2.45) is 5.73 Å². The first-order valence-electron chi connectivity index (χ1n) is 9.93. The first-order valence-corrected chi connectivity index (χ1v) is 11.8. The molecule has 2 atom stereocenters. The van der Waals surface area contributed by atoms with E-state index in [1.54, 1.807) is 12.1 Å². The van der Waals surface area contributed by atoms with Gasteiger partial charge in [0.1, 0.15) is 18.7 Å². The monoisotopic (exact) mass is 483 g/mol. The Morgan fingerprint density at radius 1 is 1.27 bits per heavy atom. The standard InChI is InChI=1S/C13H18N2O6S.C9H12FN/c1-15(22(2,19)20)12-4-9(6-16)3-10(5-12)13(18)21-8-11(14)7-17;1-7(11-2)8-3-5-9(10)6-4-8/h3-6,11,17H,7-8,14H2,1-2H3;3-7,11H,1-2H3/t;7-/m.1/s1. The minimum atomic E-state index is -3.54. The van der Waals surface area contributed by atoms with E-state index in [0.717, 1.165) is 16.1 Å². The molecule has 4 N–H and O–H groups in total. The number of hydrogen-bond donors (Lipinski definition) is 3. The fourth-order valence-electron chi connectivity index (χ4n) is 2.43. The first kappa shape index (κ1) is 28.2. The minimum absolute atomic E-state index is 0.0141. The summed E-state index contributed by atoms with van der Waals surface area (Å²) in [6.45, 7) is 1.49. The molecule has 2 aromatic carbocycles. The van der Waals surface area contributed by atoms with Crippen molar-refractivity contribution in [3.63, 3.8) is 0 Å². The lowest BCUT2D eigenvalue weighted by molar-refractivity contribution is 0.0454. The number of aliphatic hydroxyl groups is 1. The highest BCUT2D eigenvalue weighted by molar-refractivity contribution is 7.92. The van der Waals surface area contributed by atoms with Gasteiger partial charge in [-0.2, -0.15) is 0 Å². The highest BCUT2D eigenvalue weighted by atomic mass is 32.2. The van der Waals surface area contributed by atoms with Gasteiger partial charge in [-0.3, -0.25) is 9.10 Å². The molecule has 0 saturated carbocycles. The third-order valence-electron chi connectivity index (χ3n) is 4.64. The van der Waals surface area contributed by atoms with Gasteiger partial charge in [-0.25, -0.2) is 17.6 Å². The lowest BCUT2D eigenvalue weighted by Crippen LogP contribution is -2.31. The van der Waals surface area contributed by atoms with E-state index in [1.807, 2.05) is 14.0 Å². The van der Waals surface area contributed by atoms with Crippen molar-refractivity contribution < 1.29 is 32.2 Å². The van der Waals surface area contributed by atoms with Crippen LogP contribution in [0.25, 0.3) is 0 Å². The third kappa shape index (κ3) is 9.26. The van der Waals surface area contributed by atoms with Gasteiger partial charge in [0.15, 0.2) is 0 Å². The van der Waals surface area contributed by atoms with E-state index in [-0.39, 0.29) is 41.9 Å². The molecular formula is C22H30FN3O6S. The van der Waals surface area contributed by atoms with E-state index in [0.29, 0.717) is 6.29 Å². The summed E-state index contributed by atoms with van der Waals surface area (Å²) >= 11 is 0. The predicted molar refractivity (Wildman–Crippen MR) is 124 cm³/mol. The highest BCUT2D eigenvalue weighted by Crippen LogP contribution is 2.20. The second-order valence-electron chi connectivity index (χ2n) is 7.26. The largest absolute Gasteiger partial charge is 0.460 e. The summed E-state index contributed by atoms with van der Waals surface area (Å²) in [5, 5.41) is 11.8. The Hall–Kier alpha value is -2.86. The Balaban J connectivity index is 0.000000412. The number of anilines is 1. The average molecular weight is 484 g/mol. The molecule has 33 heavy (non-hydrogen) atoms. The number of benzene rings is 2. The summed E-state index contributed by atoms with van der Waals surface area (Å²) in [7, 11) is -0.356. The molecule has 0 radical (unpaired) electrons. The number of aldehydes is 1. The summed E-state index contributed by atoms with van der Waals surface area (Å²) in [5.74, 6) is -0.951. The predicted octanol–water partition coefficient (Wildman–Crippen LogP) is 1.48. The molecule has 1 unspecified atom stereocenters. The number of carbonyl (C=O) groups excluding carboxylic acids is 2. The van der Waals surface area contributed by atoms with E-state index in [1.165, 1.54) is 37.4 Å². The van der Waals surface area contributed by atoms with Crippen LogP contribution in [0.1, 0.15) is 39.2 Å². The van der Waals surface area contributed by atoms with Gasteiger partial charge in [-0.1, -0.05) is 12.1 Å². The number of aliphatic hydroxyl groups excluding tert-OH is 1. The van der Waals surface area contributed by atoms with Crippen molar-refractivity contribution in [1.29, 1.82) is 0 Å². The topological polar surface area (TPSA) is 139 Å². The van der Waals surface area contributed by atoms with E-state index in [9.17, 15) is 22.4 Å². The van der Waals surface area contributed by atoms with Crippen LogP contribution in [0, 0.1) is 5.82 Å². The van der Waals surface area contributed by atoms with Crippen LogP contribution in [0.4, 0.5) is 10.1 Å². The Labute approximate surface area is 193 Å². The molecule has 11 heteroatoms. The van der Waals surface area contributed by atoms with Crippen LogP contribution in [0.5, 0.6) is 0 Å². The second-order valence-corrected chi connectivity index (χ2v) is 9.28. The number of esters is 1. The van der Waals surface area contributed by atoms with Gasteiger partial charge >= 0.3 is 5.97 Å². The fourth-order valence-corrected chi connectivity index (χ4v) is 2.92. The first-order chi connectivity index (χ1) is 15.4. The highest BCUT2D eigenvalue weighted by Gasteiger charge is 2.17. The maximum absolute atomic E-state index is 12.4. The zero-order chi connectivity index (χ0) is 25.2. The average Bonchev–Trinajstić information content (AvgIpc) is 2.81. The molecule has 0 aliphatic carbocycles. The van der Waals surface area contributed by atoms with Gasteiger partial charge in [-0.05, 0) is 49.9 Å². The van der Waals surface area contributed by atoms with Gasteiger partial charge < -0.3 is 20.9 Å². The van der Waals surface area contributed by atoms with Crippen molar-refractivity contribution in [3.8, 4) is 0 Å². The molecular weight excluding hydrogens is 453 g/mol. The molecule has 0 amide bonds. The normalized spacial score (nSPS) is 12.7. The number of nitrogens with two attached hydrogens (primary N) is 1. The Morgan fingerprint density at radius 3 is 2.36 bits per heavy atom. The number of halogens is 1. The third-order valence-corrected chi connectivity index (χ3v) is 5.84. The zero-order valence-electron chi connectivity index (χ0n) is 19.0. The van der Waals surface area contributed by atoms with E-state index >= 15 is 0 Å². The van der Waals surface area contributed by atoms with Crippen molar-refractivity contribution >= 4 is 28.0 Å².